The van der Waals surface area contributed by atoms with Crippen LogP contribution < -0.4 is 0 Å². The Morgan fingerprint density at radius 1 is 1.73 bits per heavy atom. The molecule has 0 radical (unpaired) electrons. The van der Waals surface area contributed by atoms with E-state index in [0.29, 0.717) is 18.4 Å². The smallest absolute Gasteiger partial charge is 0.337 e. The predicted molar refractivity (Wildman–Crippen MR) is 40.0 cm³/mol. The van der Waals surface area contributed by atoms with Crippen LogP contribution in [0.5, 0.6) is 0 Å². The average molecular weight is 154 g/mol. The Kier molecular flexibility index (Phi) is 2.31. The molecule has 0 heterocycles. The lowest BCUT2D eigenvalue weighted by molar-refractivity contribution is -0.138. The number of ether oxygens (including phenoxy) is 1. The third-order valence-electron chi connectivity index (χ3n) is 1.54. The van der Waals surface area contributed by atoms with Gasteiger partial charge in [-0.1, -0.05) is 12.7 Å². The van der Waals surface area contributed by atoms with Crippen molar-refractivity contribution in [1.82, 2.24) is 0 Å². The fourth-order valence-electron chi connectivity index (χ4n) is 0.803. The molecule has 11 heavy (non-hydrogen) atoms. The van der Waals surface area contributed by atoms with Gasteiger partial charge in [-0.3, -0.25) is 0 Å². The summed E-state index contributed by atoms with van der Waals surface area (Å²) >= 11 is 0. The highest BCUT2D eigenvalue weighted by Gasteiger charge is 2.23. The van der Waals surface area contributed by atoms with E-state index in [2.05, 4.69) is 6.58 Å². The number of esters is 1. The normalized spacial score (nSPS) is 15.6. The maximum atomic E-state index is 10.9. The second kappa shape index (κ2) is 3.23. The highest BCUT2D eigenvalue weighted by atomic mass is 16.5. The van der Waals surface area contributed by atoms with Crippen molar-refractivity contribution in [3.05, 3.63) is 24.0 Å². The molecular formula is C8H10O3. The Balaban J connectivity index is 2.42. The Labute approximate surface area is 65.0 Å². The van der Waals surface area contributed by atoms with Crippen LogP contribution in [0.25, 0.3) is 0 Å². The number of aliphatic hydroxyl groups excluding tert-OH is 1. The molecule has 3 nitrogen and oxygen atoms in total. The first kappa shape index (κ1) is 7.85. The maximum absolute atomic E-state index is 10.9. The second-order valence-corrected chi connectivity index (χ2v) is 2.31. The van der Waals surface area contributed by atoms with Crippen LogP contribution in [-0.2, 0) is 9.53 Å². The number of rotatable bonds is 3. The van der Waals surface area contributed by atoms with Crippen molar-refractivity contribution >= 4 is 5.97 Å². The van der Waals surface area contributed by atoms with Crippen LogP contribution >= 0.6 is 0 Å². The number of carbonyl (C=O) groups excluding carboxylic acids is 1. The van der Waals surface area contributed by atoms with Gasteiger partial charge in [0, 0.05) is 6.42 Å². The zero-order valence-corrected chi connectivity index (χ0v) is 6.17. The van der Waals surface area contributed by atoms with E-state index in [1.165, 1.54) is 6.08 Å². The van der Waals surface area contributed by atoms with E-state index >= 15 is 0 Å². The fourth-order valence-corrected chi connectivity index (χ4v) is 0.803. The summed E-state index contributed by atoms with van der Waals surface area (Å²) in [4.78, 5) is 10.9. The van der Waals surface area contributed by atoms with Crippen molar-refractivity contribution in [3.63, 3.8) is 0 Å². The quantitative estimate of drug-likeness (QED) is 0.492. The number of allylic oxidation sites excluding steroid dienone is 1. The van der Waals surface area contributed by atoms with E-state index in [0.717, 1.165) is 0 Å². The summed E-state index contributed by atoms with van der Waals surface area (Å²) in [6.07, 6.45) is 2.72. The van der Waals surface area contributed by atoms with Crippen LogP contribution in [0.1, 0.15) is 12.8 Å². The molecule has 0 aromatic carbocycles. The van der Waals surface area contributed by atoms with E-state index in [4.69, 9.17) is 9.84 Å². The first-order valence-corrected chi connectivity index (χ1v) is 3.44. The van der Waals surface area contributed by atoms with Crippen molar-refractivity contribution in [2.24, 2.45) is 0 Å². The largest absolute Gasteiger partial charge is 0.512 e. The van der Waals surface area contributed by atoms with Crippen molar-refractivity contribution in [2.45, 2.75) is 12.8 Å². The lowest BCUT2D eigenvalue weighted by Crippen LogP contribution is -2.16. The number of hydrogen-bond acceptors (Lipinski definition) is 3. The summed E-state index contributed by atoms with van der Waals surface area (Å²) in [6, 6.07) is 0. The van der Waals surface area contributed by atoms with Crippen LogP contribution in [-0.4, -0.2) is 17.7 Å². The maximum Gasteiger partial charge on any atom is 0.337 e. The Hall–Kier alpha value is -1.25. The highest BCUT2D eigenvalue weighted by molar-refractivity contribution is 5.90. The molecule has 0 fully saturated rings. The molecule has 0 amide bonds. The van der Waals surface area contributed by atoms with Gasteiger partial charge in [-0.15, -0.1) is 0 Å². The first-order chi connectivity index (χ1) is 5.25. The van der Waals surface area contributed by atoms with Crippen molar-refractivity contribution < 1.29 is 14.6 Å². The van der Waals surface area contributed by atoms with E-state index < -0.39 is 5.97 Å². The standard InChI is InChI=1S/C8H10O3/c1-2-5-11-8(10)6-3-4-7(6)9/h2,9H,1,3-5H2. The van der Waals surface area contributed by atoms with Gasteiger partial charge in [0.1, 0.15) is 12.4 Å². The monoisotopic (exact) mass is 154 g/mol. The molecule has 0 aromatic rings. The summed E-state index contributed by atoms with van der Waals surface area (Å²) < 4.78 is 4.69. The zero-order chi connectivity index (χ0) is 8.27. The van der Waals surface area contributed by atoms with Crippen LogP contribution in [0, 0.1) is 0 Å². The van der Waals surface area contributed by atoms with Gasteiger partial charge in [0.15, 0.2) is 0 Å². The van der Waals surface area contributed by atoms with Crippen molar-refractivity contribution in [3.8, 4) is 0 Å². The lowest BCUT2D eigenvalue weighted by Gasteiger charge is -2.16. The Morgan fingerprint density at radius 2 is 2.45 bits per heavy atom. The predicted octanol–water partition coefficient (Wildman–Crippen LogP) is 1.32. The minimum Gasteiger partial charge on any atom is -0.512 e. The number of carbonyl (C=O) groups is 1. The molecule has 60 valence electrons. The SMILES string of the molecule is C=CCOC(=O)C1=C(O)CC1. The molecule has 0 saturated heterocycles. The van der Waals surface area contributed by atoms with Gasteiger partial charge in [-0.05, 0) is 6.42 Å². The second-order valence-electron chi connectivity index (χ2n) is 2.31. The van der Waals surface area contributed by atoms with Crippen molar-refractivity contribution in [1.29, 1.82) is 0 Å². The minimum absolute atomic E-state index is 0.166. The van der Waals surface area contributed by atoms with Gasteiger partial charge in [-0.2, -0.15) is 0 Å². The molecule has 0 unspecified atom stereocenters. The van der Waals surface area contributed by atoms with Gasteiger partial charge >= 0.3 is 5.97 Å². The Morgan fingerprint density at radius 3 is 2.82 bits per heavy atom. The van der Waals surface area contributed by atoms with Crippen LogP contribution in [0.2, 0.25) is 0 Å². The van der Waals surface area contributed by atoms with Gasteiger partial charge in [0.2, 0.25) is 0 Å². The molecule has 0 bridgehead atoms. The van der Waals surface area contributed by atoms with Gasteiger partial charge < -0.3 is 9.84 Å². The third kappa shape index (κ3) is 1.61. The molecule has 1 N–H and O–H groups in total. The molecule has 0 saturated carbocycles. The summed E-state index contributed by atoms with van der Waals surface area (Å²) in [7, 11) is 0. The zero-order valence-electron chi connectivity index (χ0n) is 6.17. The molecule has 1 aliphatic carbocycles. The van der Waals surface area contributed by atoms with Crippen molar-refractivity contribution in [2.75, 3.05) is 6.61 Å². The Bertz CT molecular complexity index is 215. The molecular weight excluding hydrogens is 144 g/mol. The molecule has 0 atom stereocenters. The van der Waals surface area contributed by atoms with Crippen LogP contribution in [0.15, 0.2) is 24.0 Å². The van der Waals surface area contributed by atoms with E-state index in [-0.39, 0.29) is 12.4 Å². The first-order valence-electron chi connectivity index (χ1n) is 3.44. The lowest BCUT2D eigenvalue weighted by atomic mass is 9.97. The molecule has 1 aliphatic rings. The fraction of sp³-hybridized carbons (Fsp3) is 0.375. The molecule has 1 rings (SSSR count). The summed E-state index contributed by atoms with van der Waals surface area (Å²) in [5.74, 6) is -0.257. The van der Waals surface area contributed by atoms with Crippen LogP contribution in [0.3, 0.4) is 0 Å². The number of aliphatic hydroxyl groups is 1. The van der Waals surface area contributed by atoms with E-state index in [9.17, 15) is 4.79 Å². The molecule has 3 heteroatoms. The summed E-state index contributed by atoms with van der Waals surface area (Å²) in [6.45, 7) is 3.60. The highest BCUT2D eigenvalue weighted by Crippen LogP contribution is 2.25. The van der Waals surface area contributed by atoms with Gasteiger partial charge in [0.05, 0.1) is 5.57 Å². The topological polar surface area (TPSA) is 46.5 Å². The van der Waals surface area contributed by atoms with Gasteiger partial charge in [0.25, 0.3) is 0 Å². The molecule has 0 aromatic heterocycles. The summed E-state index contributed by atoms with van der Waals surface area (Å²) in [5, 5.41) is 8.93. The number of hydrogen-bond donors (Lipinski definition) is 1. The van der Waals surface area contributed by atoms with E-state index in [1.54, 1.807) is 0 Å². The van der Waals surface area contributed by atoms with E-state index in [1.807, 2.05) is 0 Å². The summed E-state index contributed by atoms with van der Waals surface area (Å²) in [5.41, 5.74) is 0.409. The third-order valence-corrected chi connectivity index (χ3v) is 1.54. The molecule has 0 aliphatic heterocycles. The molecule has 0 spiro atoms. The average Bonchev–Trinajstić information content (AvgIpc) is 1.98. The minimum atomic E-state index is -0.423. The van der Waals surface area contributed by atoms with Gasteiger partial charge in [-0.25, -0.2) is 4.79 Å². The van der Waals surface area contributed by atoms with Crippen LogP contribution in [0.4, 0.5) is 0 Å².